The van der Waals surface area contributed by atoms with Crippen LogP contribution in [0.2, 0.25) is 0 Å². The Balaban J connectivity index is 1.69. The van der Waals surface area contributed by atoms with Crippen LogP contribution < -0.4 is 4.74 Å². The lowest BCUT2D eigenvalue weighted by molar-refractivity contribution is -0.137. The number of benzene rings is 4. The van der Waals surface area contributed by atoms with Crippen LogP contribution >= 0.6 is 0 Å². The molecule has 0 spiro atoms. The van der Waals surface area contributed by atoms with E-state index in [1.165, 1.54) is 12.8 Å². The summed E-state index contributed by atoms with van der Waals surface area (Å²) in [6, 6.07) is 23.2. The zero-order valence-corrected chi connectivity index (χ0v) is 17.3. The lowest BCUT2D eigenvalue weighted by atomic mass is 9.92. The maximum atomic E-state index is 13.0. The van der Waals surface area contributed by atoms with E-state index in [2.05, 4.69) is 6.58 Å². The number of rotatable bonds is 6. The van der Waals surface area contributed by atoms with Crippen molar-refractivity contribution in [2.45, 2.75) is 19.3 Å². The summed E-state index contributed by atoms with van der Waals surface area (Å²) in [4.78, 5) is 13.0. The van der Waals surface area contributed by atoms with Crippen molar-refractivity contribution in [2.75, 3.05) is 0 Å². The summed E-state index contributed by atoms with van der Waals surface area (Å²) < 4.78 is 5.97. The van der Waals surface area contributed by atoms with E-state index in [1.54, 1.807) is 12.1 Å². The summed E-state index contributed by atoms with van der Waals surface area (Å²) in [6.07, 6.45) is 4.81. The molecule has 0 aromatic heterocycles. The lowest BCUT2D eigenvalue weighted by Crippen LogP contribution is -2.19. The Morgan fingerprint density at radius 1 is 0.935 bits per heavy atom. The highest BCUT2D eigenvalue weighted by atomic mass is 16.5. The predicted molar refractivity (Wildman–Crippen MR) is 125 cm³/mol. The minimum atomic E-state index is -0.326. The van der Waals surface area contributed by atoms with Gasteiger partial charge in [0.15, 0.2) is 0 Å². The van der Waals surface area contributed by atoms with Crippen LogP contribution in [0.4, 0.5) is 0 Å². The van der Waals surface area contributed by atoms with E-state index in [9.17, 15) is 9.90 Å². The first kappa shape index (κ1) is 19.4. The van der Waals surface area contributed by atoms with Gasteiger partial charge < -0.3 is 9.84 Å². The van der Waals surface area contributed by atoms with Crippen LogP contribution in [0, 0.1) is 11.8 Å². The molecule has 1 aliphatic rings. The molecule has 3 heteroatoms. The third kappa shape index (κ3) is 3.68. The molecule has 0 saturated heterocycles. The molecule has 1 N–H and O–H groups in total. The fourth-order valence-electron chi connectivity index (χ4n) is 4.30. The zero-order chi connectivity index (χ0) is 21.4. The van der Waals surface area contributed by atoms with E-state index < -0.39 is 0 Å². The molecule has 3 nitrogen and oxygen atoms in total. The predicted octanol–water partition coefficient (Wildman–Crippen LogP) is 6.87. The lowest BCUT2D eigenvalue weighted by Gasteiger charge is -2.18. The van der Waals surface area contributed by atoms with Gasteiger partial charge in [0.2, 0.25) is 0 Å². The number of phenols is 1. The molecule has 1 fully saturated rings. The number of phenolic OH excluding ortho intramolecular Hbond substituents is 1. The SMILES string of the molecule is C=C[C@@H](CC1CC1)C(=O)Oc1ccc2ccccc2c1-c1c(O)ccc2ccccc12. The monoisotopic (exact) mass is 408 g/mol. The first-order valence-corrected chi connectivity index (χ1v) is 10.7. The second kappa shape index (κ2) is 7.92. The fraction of sp³-hybridized carbons (Fsp3) is 0.179. The van der Waals surface area contributed by atoms with Gasteiger partial charge in [-0.25, -0.2) is 0 Å². The zero-order valence-electron chi connectivity index (χ0n) is 17.3. The average molecular weight is 408 g/mol. The Morgan fingerprint density at radius 3 is 2.19 bits per heavy atom. The Bertz CT molecular complexity index is 1300. The maximum Gasteiger partial charge on any atom is 0.318 e. The molecule has 5 rings (SSSR count). The molecule has 31 heavy (non-hydrogen) atoms. The number of hydrogen-bond acceptors (Lipinski definition) is 3. The first-order valence-electron chi connectivity index (χ1n) is 10.7. The van der Waals surface area contributed by atoms with Gasteiger partial charge in [-0.05, 0) is 46.0 Å². The normalized spacial score (nSPS) is 14.5. The fourth-order valence-corrected chi connectivity index (χ4v) is 4.30. The molecular weight excluding hydrogens is 384 g/mol. The smallest absolute Gasteiger partial charge is 0.318 e. The van der Waals surface area contributed by atoms with Gasteiger partial charge in [-0.3, -0.25) is 4.79 Å². The van der Waals surface area contributed by atoms with Gasteiger partial charge in [-0.1, -0.05) is 79.6 Å². The van der Waals surface area contributed by atoms with Crippen LogP contribution in [0.5, 0.6) is 11.5 Å². The summed E-state index contributed by atoms with van der Waals surface area (Å²) in [7, 11) is 0. The van der Waals surface area contributed by atoms with Gasteiger partial charge in [-0.15, -0.1) is 6.58 Å². The molecule has 0 aliphatic heterocycles. The molecule has 4 aromatic carbocycles. The van der Waals surface area contributed by atoms with Crippen molar-refractivity contribution < 1.29 is 14.6 Å². The van der Waals surface area contributed by atoms with Gasteiger partial charge in [-0.2, -0.15) is 0 Å². The minimum Gasteiger partial charge on any atom is -0.507 e. The largest absolute Gasteiger partial charge is 0.507 e. The van der Waals surface area contributed by atoms with E-state index in [0.717, 1.165) is 33.5 Å². The molecule has 0 bridgehead atoms. The minimum absolute atomic E-state index is 0.158. The Morgan fingerprint density at radius 2 is 1.55 bits per heavy atom. The van der Waals surface area contributed by atoms with Crippen LogP contribution in [0.1, 0.15) is 19.3 Å². The van der Waals surface area contributed by atoms with Crippen molar-refractivity contribution in [3.63, 3.8) is 0 Å². The molecule has 0 amide bonds. The van der Waals surface area contributed by atoms with Crippen molar-refractivity contribution in [3.05, 3.63) is 85.5 Å². The van der Waals surface area contributed by atoms with E-state index >= 15 is 0 Å². The van der Waals surface area contributed by atoms with E-state index in [1.807, 2.05) is 66.7 Å². The summed E-state index contributed by atoms with van der Waals surface area (Å²) in [5.74, 6) is 0.587. The van der Waals surface area contributed by atoms with Crippen LogP contribution in [0.15, 0.2) is 85.5 Å². The number of hydrogen-bond donors (Lipinski definition) is 1. The summed E-state index contributed by atoms with van der Waals surface area (Å²) in [6.45, 7) is 3.85. The van der Waals surface area contributed by atoms with Crippen LogP contribution in [-0.2, 0) is 4.79 Å². The van der Waals surface area contributed by atoms with Crippen molar-refractivity contribution in [2.24, 2.45) is 11.8 Å². The van der Waals surface area contributed by atoms with Crippen LogP contribution in [0.3, 0.4) is 0 Å². The van der Waals surface area contributed by atoms with Gasteiger partial charge in [0.25, 0.3) is 0 Å². The van der Waals surface area contributed by atoms with Crippen molar-refractivity contribution >= 4 is 27.5 Å². The van der Waals surface area contributed by atoms with E-state index in [0.29, 0.717) is 17.2 Å². The summed E-state index contributed by atoms with van der Waals surface area (Å²) >= 11 is 0. The highest BCUT2D eigenvalue weighted by Crippen LogP contribution is 2.45. The van der Waals surface area contributed by atoms with Crippen molar-refractivity contribution in [3.8, 4) is 22.6 Å². The molecule has 154 valence electrons. The van der Waals surface area contributed by atoms with E-state index in [-0.39, 0.29) is 17.6 Å². The van der Waals surface area contributed by atoms with Crippen molar-refractivity contribution in [1.29, 1.82) is 0 Å². The maximum absolute atomic E-state index is 13.0. The van der Waals surface area contributed by atoms with Crippen LogP contribution in [-0.4, -0.2) is 11.1 Å². The Kier molecular flexibility index (Phi) is 4.95. The quantitative estimate of drug-likeness (QED) is 0.215. The molecular formula is C28H24O3. The topological polar surface area (TPSA) is 46.5 Å². The number of fused-ring (bicyclic) bond motifs is 2. The number of carbonyl (C=O) groups excluding carboxylic acids is 1. The second-order valence-corrected chi connectivity index (χ2v) is 8.28. The summed E-state index contributed by atoms with van der Waals surface area (Å²) in [5, 5.41) is 14.8. The number of carbonyl (C=O) groups is 1. The highest BCUT2D eigenvalue weighted by molar-refractivity contribution is 6.10. The Hall–Kier alpha value is -3.59. The molecule has 0 unspecified atom stereocenters. The molecule has 0 radical (unpaired) electrons. The Labute approximate surface area is 181 Å². The molecule has 1 aliphatic carbocycles. The van der Waals surface area contributed by atoms with Gasteiger partial charge >= 0.3 is 5.97 Å². The van der Waals surface area contributed by atoms with Crippen LogP contribution in [0.25, 0.3) is 32.7 Å². The molecule has 1 saturated carbocycles. The number of aromatic hydroxyl groups is 1. The van der Waals surface area contributed by atoms with Gasteiger partial charge in [0.1, 0.15) is 11.5 Å². The standard InChI is InChI=1S/C28H24O3/c1-2-19(17-18-11-12-18)28(30)31-25-16-14-21-8-4-6-10-23(21)27(25)26-22-9-5-3-7-20(22)13-15-24(26)29/h2-10,13-16,18-19,29H,1,11-12,17H2/t19-/m0/s1. The first-order chi connectivity index (χ1) is 15.2. The number of ether oxygens (including phenoxy) is 1. The summed E-state index contributed by atoms with van der Waals surface area (Å²) in [5.41, 5.74) is 1.41. The van der Waals surface area contributed by atoms with E-state index in [4.69, 9.17) is 4.74 Å². The average Bonchev–Trinajstić information content (AvgIpc) is 3.62. The van der Waals surface area contributed by atoms with Gasteiger partial charge in [0, 0.05) is 11.1 Å². The molecule has 4 aromatic rings. The third-order valence-corrected chi connectivity index (χ3v) is 6.13. The number of esters is 1. The highest BCUT2D eigenvalue weighted by Gasteiger charge is 2.29. The molecule has 1 atom stereocenters. The molecule has 0 heterocycles. The van der Waals surface area contributed by atoms with Crippen molar-refractivity contribution in [1.82, 2.24) is 0 Å². The second-order valence-electron chi connectivity index (χ2n) is 8.28. The van der Waals surface area contributed by atoms with Gasteiger partial charge in [0.05, 0.1) is 5.92 Å². The third-order valence-electron chi connectivity index (χ3n) is 6.13.